The normalized spacial score (nSPS) is 19.0. The Morgan fingerprint density at radius 2 is 1.93 bits per heavy atom. The van der Waals surface area contributed by atoms with E-state index in [4.69, 9.17) is 0 Å². The molecule has 1 aliphatic heterocycles. The predicted molar refractivity (Wildman–Crippen MR) is 101 cm³/mol. The van der Waals surface area contributed by atoms with E-state index in [9.17, 15) is 14.0 Å². The zero-order valence-corrected chi connectivity index (χ0v) is 15.3. The van der Waals surface area contributed by atoms with Gasteiger partial charge in [0.15, 0.2) is 0 Å². The third kappa shape index (κ3) is 5.14. The first kappa shape index (κ1) is 19.0. The van der Waals surface area contributed by atoms with E-state index < -0.39 is 0 Å². The number of nitrogens with zero attached hydrogens (tertiary/aromatic N) is 1. The third-order valence-corrected chi connectivity index (χ3v) is 4.82. The van der Waals surface area contributed by atoms with Gasteiger partial charge in [-0.2, -0.15) is 0 Å². The molecule has 5 nitrogen and oxygen atoms in total. The maximum Gasteiger partial charge on any atom is 0.234 e. The van der Waals surface area contributed by atoms with E-state index in [2.05, 4.69) is 10.6 Å². The Hall–Kier alpha value is -2.73. The van der Waals surface area contributed by atoms with Crippen molar-refractivity contribution in [3.8, 4) is 0 Å². The van der Waals surface area contributed by atoms with Crippen LogP contribution in [-0.2, 0) is 9.59 Å². The SMILES string of the molecule is C[C@@H](NC(=O)CN1CCNC(=O)C[C@@H]1c1ccccc1)c1ccc(F)cc1. The first-order valence-corrected chi connectivity index (χ1v) is 9.13. The van der Waals surface area contributed by atoms with E-state index in [0.717, 1.165) is 11.1 Å². The van der Waals surface area contributed by atoms with E-state index in [-0.39, 0.29) is 36.3 Å². The van der Waals surface area contributed by atoms with E-state index in [1.165, 1.54) is 12.1 Å². The molecule has 2 N–H and O–H groups in total. The average Bonchev–Trinajstić information content (AvgIpc) is 2.84. The van der Waals surface area contributed by atoms with Crippen LogP contribution in [0.3, 0.4) is 0 Å². The van der Waals surface area contributed by atoms with Crippen molar-refractivity contribution in [2.45, 2.75) is 25.4 Å². The highest BCUT2D eigenvalue weighted by atomic mass is 19.1. The lowest BCUT2D eigenvalue weighted by Gasteiger charge is -2.29. The fraction of sp³-hybridized carbons (Fsp3) is 0.333. The second-order valence-corrected chi connectivity index (χ2v) is 6.79. The number of benzene rings is 2. The zero-order valence-electron chi connectivity index (χ0n) is 15.3. The molecule has 1 aliphatic rings. The topological polar surface area (TPSA) is 61.4 Å². The van der Waals surface area contributed by atoms with E-state index in [1.54, 1.807) is 12.1 Å². The first-order chi connectivity index (χ1) is 13.0. The van der Waals surface area contributed by atoms with Crippen LogP contribution in [0.2, 0.25) is 0 Å². The van der Waals surface area contributed by atoms with Gasteiger partial charge in [0.2, 0.25) is 11.8 Å². The van der Waals surface area contributed by atoms with Crippen molar-refractivity contribution in [3.63, 3.8) is 0 Å². The summed E-state index contributed by atoms with van der Waals surface area (Å²) in [6.07, 6.45) is 0.324. The summed E-state index contributed by atoms with van der Waals surface area (Å²) in [5.41, 5.74) is 1.87. The van der Waals surface area contributed by atoms with Crippen LogP contribution in [0.15, 0.2) is 54.6 Å². The van der Waals surface area contributed by atoms with Gasteiger partial charge in [-0.05, 0) is 30.2 Å². The lowest BCUT2D eigenvalue weighted by atomic mass is 10.0. The molecule has 2 atom stereocenters. The number of carbonyl (C=O) groups is 2. The van der Waals surface area contributed by atoms with Crippen LogP contribution in [0.1, 0.15) is 36.6 Å². The van der Waals surface area contributed by atoms with Crippen molar-refractivity contribution >= 4 is 11.8 Å². The summed E-state index contributed by atoms with van der Waals surface area (Å²) in [7, 11) is 0. The molecule has 0 radical (unpaired) electrons. The Balaban J connectivity index is 1.68. The van der Waals surface area contributed by atoms with Crippen molar-refractivity contribution in [2.75, 3.05) is 19.6 Å². The Kier molecular flexibility index (Phi) is 6.19. The number of hydrogen-bond donors (Lipinski definition) is 2. The quantitative estimate of drug-likeness (QED) is 0.852. The van der Waals surface area contributed by atoms with Gasteiger partial charge in [0.25, 0.3) is 0 Å². The lowest BCUT2D eigenvalue weighted by Crippen LogP contribution is -2.41. The van der Waals surface area contributed by atoms with Crippen LogP contribution in [0.25, 0.3) is 0 Å². The molecule has 3 rings (SSSR count). The van der Waals surface area contributed by atoms with Gasteiger partial charge >= 0.3 is 0 Å². The van der Waals surface area contributed by atoms with E-state index in [1.807, 2.05) is 42.2 Å². The summed E-state index contributed by atoms with van der Waals surface area (Å²) < 4.78 is 13.1. The van der Waals surface area contributed by atoms with E-state index in [0.29, 0.717) is 19.5 Å². The summed E-state index contributed by atoms with van der Waals surface area (Å²) in [6.45, 7) is 3.18. The van der Waals surface area contributed by atoms with Gasteiger partial charge in [0, 0.05) is 25.6 Å². The van der Waals surface area contributed by atoms with Crippen molar-refractivity contribution in [1.29, 1.82) is 0 Å². The average molecular weight is 369 g/mol. The molecule has 1 heterocycles. The van der Waals surface area contributed by atoms with E-state index >= 15 is 0 Å². The number of halogens is 1. The minimum absolute atomic E-state index is 0.00792. The minimum Gasteiger partial charge on any atom is -0.355 e. The minimum atomic E-state index is -0.301. The molecule has 0 bridgehead atoms. The smallest absolute Gasteiger partial charge is 0.234 e. The summed E-state index contributed by atoms with van der Waals surface area (Å²) in [5, 5.41) is 5.83. The molecule has 2 amide bonds. The van der Waals surface area contributed by atoms with Crippen molar-refractivity contribution < 1.29 is 14.0 Å². The predicted octanol–water partition coefficient (Wildman–Crippen LogP) is 2.57. The van der Waals surface area contributed by atoms with Gasteiger partial charge in [-0.15, -0.1) is 0 Å². The Labute approximate surface area is 158 Å². The second-order valence-electron chi connectivity index (χ2n) is 6.79. The Bertz CT molecular complexity index is 780. The molecular weight excluding hydrogens is 345 g/mol. The van der Waals surface area contributed by atoms with Crippen LogP contribution in [-0.4, -0.2) is 36.3 Å². The monoisotopic (exact) mass is 369 g/mol. The number of rotatable bonds is 5. The second kappa shape index (κ2) is 8.77. The summed E-state index contributed by atoms with van der Waals surface area (Å²) in [5.74, 6) is -0.432. The highest BCUT2D eigenvalue weighted by Gasteiger charge is 2.27. The van der Waals surface area contributed by atoms with Crippen LogP contribution >= 0.6 is 0 Å². The van der Waals surface area contributed by atoms with Gasteiger partial charge < -0.3 is 10.6 Å². The molecule has 0 saturated carbocycles. The molecule has 2 aromatic carbocycles. The lowest BCUT2D eigenvalue weighted by molar-refractivity contribution is -0.125. The summed E-state index contributed by atoms with van der Waals surface area (Å²) >= 11 is 0. The molecule has 27 heavy (non-hydrogen) atoms. The number of amides is 2. The van der Waals surface area contributed by atoms with Gasteiger partial charge in [-0.1, -0.05) is 42.5 Å². The molecule has 1 saturated heterocycles. The summed E-state index contributed by atoms with van der Waals surface area (Å²) in [4.78, 5) is 26.6. The largest absolute Gasteiger partial charge is 0.355 e. The molecule has 1 fully saturated rings. The van der Waals surface area contributed by atoms with Gasteiger partial charge in [-0.25, -0.2) is 4.39 Å². The number of nitrogens with one attached hydrogen (secondary N) is 2. The third-order valence-electron chi connectivity index (χ3n) is 4.82. The molecular formula is C21H24FN3O2. The van der Waals surface area contributed by atoms with Crippen molar-refractivity contribution in [3.05, 3.63) is 71.5 Å². The number of hydrogen-bond acceptors (Lipinski definition) is 3. The maximum absolute atomic E-state index is 13.1. The van der Waals surface area contributed by atoms with Gasteiger partial charge in [0.05, 0.1) is 12.6 Å². The molecule has 6 heteroatoms. The fourth-order valence-corrected chi connectivity index (χ4v) is 3.37. The maximum atomic E-state index is 13.1. The Morgan fingerprint density at radius 3 is 2.63 bits per heavy atom. The molecule has 2 aromatic rings. The standard InChI is InChI=1S/C21H24FN3O2/c1-15(16-7-9-18(22)10-8-16)24-21(27)14-25-12-11-23-20(26)13-19(25)17-5-3-2-4-6-17/h2-10,15,19H,11-14H2,1H3,(H,23,26)(H,24,27)/t15-,19-/m1/s1. The van der Waals surface area contributed by atoms with Crippen molar-refractivity contribution in [1.82, 2.24) is 15.5 Å². The molecule has 142 valence electrons. The zero-order chi connectivity index (χ0) is 19.2. The number of carbonyl (C=O) groups excluding carboxylic acids is 2. The van der Waals surface area contributed by atoms with Crippen LogP contribution < -0.4 is 10.6 Å². The van der Waals surface area contributed by atoms with Crippen LogP contribution in [0, 0.1) is 5.82 Å². The van der Waals surface area contributed by atoms with Gasteiger partial charge in [-0.3, -0.25) is 14.5 Å². The molecule has 0 aromatic heterocycles. The molecule has 0 spiro atoms. The highest BCUT2D eigenvalue weighted by Crippen LogP contribution is 2.25. The van der Waals surface area contributed by atoms with Crippen molar-refractivity contribution in [2.24, 2.45) is 0 Å². The fourth-order valence-electron chi connectivity index (χ4n) is 3.37. The van der Waals surface area contributed by atoms with Crippen LogP contribution in [0.5, 0.6) is 0 Å². The molecule has 0 aliphatic carbocycles. The first-order valence-electron chi connectivity index (χ1n) is 9.13. The van der Waals surface area contributed by atoms with Gasteiger partial charge in [0.1, 0.15) is 5.82 Å². The Morgan fingerprint density at radius 1 is 1.22 bits per heavy atom. The molecule has 0 unspecified atom stereocenters. The summed E-state index contributed by atoms with van der Waals surface area (Å²) in [6, 6.07) is 15.5. The highest BCUT2D eigenvalue weighted by molar-refractivity contribution is 5.79. The van der Waals surface area contributed by atoms with Crippen LogP contribution in [0.4, 0.5) is 4.39 Å².